The van der Waals surface area contributed by atoms with Gasteiger partial charge in [-0.3, -0.25) is 0 Å². The van der Waals surface area contributed by atoms with Gasteiger partial charge in [0.25, 0.3) is 0 Å². The largest absolute Gasteiger partial charge is 0.508 e. The van der Waals surface area contributed by atoms with Crippen molar-refractivity contribution in [3.8, 4) is 17.2 Å². The lowest BCUT2D eigenvalue weighted by Crippen LogP contribution is -1.96. The van der Waals surface area contributed by atoms with Crippen molar-refractivity contribution in [2.45, 2.75) is 13.0 Å². The van der Waals surface area contributed by atoms with Crippen molar-refractivity contribution in [3.05, 3.63) is 53.6 Å². The van der Waals surface area contributed by atoms with Crippen molar-refractivity contribution < 1.29 is 19.7 Å². The minimum absolute atomic E-state index is 0.0539. The van der Waals surface area contributed by atoms with Crippen molar-refractivity contribution >= 4 is 6.29 Å². The van der Waals surface area contributed by atoms with Crippen molar-refractivity contribution in [2.24, 2.45) is 0 Å². The fourth-order valence-electron chi connectivity index (χ4n) is 1.71. The molecule has 4 heteroatoms. The normalized spacial score (nSPS) is 10.1. The summed E-state index contributed by atoms with van der Waals surface area (Å²) >= 11 is 0. The minimum Gasteiger partial charge on any atom is -0.508 e. The van der Waals surface area contributed by atoms with Crippen molar-refractivity contribution in [3.63, 3.8) is 0 Å². The number of hydrogen-bond donors (Lipinski definition) is 2. The molecule has 2 rings (SSSR count). The highest BCUT2D eigenvalue weighted by Gasteiger charge is 2.09. The average molecular weight is 258 g/mol. The summed E-state index contributed by atoms with van der Waals surface area (Å²) in [6, 6.07) is 12.1. The van der Waals surface area contributed by atoms with Crippen LogP contribution in [-0.4, -0.2) is 16.5 Å². The number of ether oxygens (including phenoxy) is 1. The third-order valence-corrected chi connectivity index (χ3v) is 2.70. The molecule has 2 aromatic carbocycles. The first-order valence-electron chi connectivity index (χ1n) is 5.86. The molecule has 0 bridgehead atoms. The van der Waals surface area contributed by atoms with Crippen molar-refractivity contribution in [1.82, 2.24) is 0 Å². The number of benzene rings is 2. The van der Waals surface area contributed by atoms with Gasteiger partial charge in [-0.15, -0.1) is 0 Å². The van der Waals surface area contributed by atoms with E-state index in [1.807, 2.05) is 30.3 Å². The van der Waals surface area contributed by atoms with Crippen LogP contribution >= 0.6 is 0 Å². The van der Waals surface area contributed by atoms with Gasteiger partial charge in [0.1, 0.15) is 18.6 Å². The Balaban J connectivity index is 2.13. The topological polar surface area (TPSA) is 66.8 Å². The molecule has 98 valence electrons. The maximum atomic E-state index is 10.4. The summed E-state index contributed by atoms with van der Waals surface area (Å²) in [5, 5.41) is 19.5. The van der Waals surface area contributed by atoms with Crippen LogP contribution in [0.1, 0.15) is 11.1 Å². The number of phenols is 2. The Hall–Kier alpha value is -2.49. The van der Waals surface area contributed by atoms with Gasteiger partial charge in [0.2, 0.25) is 0 Å². The van der Waals surface area contributed by atoms with Crippen molar-refractivity contribution in [2.75, 3.05) is 0 Å². The summed E-state index contributed by atoms with van der Waals surface area (Å²) in [6.07, 6.45) is 0.720. The molecule has 2 N–H and O–H groups in total. The summed E-state index contributed by atoms with van der Waals surface area (Å²) in [7, 11) is 0. The lowest BCUT2D eigenvalue weighted by molar-refractivity contribution is -0.107. The maximum Gasteiger partial charge on any atom is 0.165 e. The highest BCUT2D eigenvalue weighted by atomic mass is 16.5. The number of carbonyl (C=O) groups is 1. The Morgan fingerprint density at radius 1 is 1.05 bits per heavy atom. The molecule has 0 aliphatic rings. The first kappa shape index (κ1) is 13.0. The third kappa shape index (κ3) is 3.25. The van der Waals surface area contributed by atoms with Gasteiger partial charge in [-0.05, 0) is 11.6 Å². The molecule has 0 saturated carbocycles. The Morgan fingerprint density at radius 3 is 2.47 bits per heavy atom. The van der Waals surface area contributed by atoms with Gasteiger partial charge in [-0.1, -0.05) is 30.3 Å². The van der Waals surface area contributed by atoms with Crippen LogP contribution in [0, 0.1) is 0 Å². The predicted molar refractivity (Wildman–Crippen MR) is 70.3 cm³/mol. The number of phenolic OH excluding ortho intramolecular Hbond substituents is 2. The zero-order chi connectivity index (χ0) is 13.7. The number of aldehydes is 1. The molecule has 0 amide bonds. The lowest BCUT2D eigenvalue weighted by atomic mass is 10.1. The summed E-state index contributed by atoms with van der Waals surface area (Å²) in [5.74, 6) is 0.0366. The van der Waals surface area contributed by atoms with E-state index < -0.39 is 0 Å². The molecule has 0 saturated heterocycles. The van der Waals surface area contributed by atoms with Gasteiger partial charge >= 0.3 is 0 Å². The SMILES string of the molecule is O=CCc1cc(O)c(OCc2ccccc2)cc1O. The van der Waals surface area contributed by atoms with E-state index in [4.69, 9.17) is 4.74 Å². The van der Waals surface area contributed by atoms with E-state index in [1.54, 1.807) is 0 Å². The summed E-state index contributed by atoms with van der Waals surface area (Å²) in [4.78, 5) is 10.4. The quantitative estimate of drug-likeness (QED) is 0.638. The van der Waals surface area contributed by atoms with Gasteiger partial charge in [0, 0.05) is 18.1 Å². The number of aromatic hydroxyl groups is 2. The van der Waals surface area contributed by atoms with Crippen LogP contribution in [0.2, 0.25) is 0 Å². The zero-order valence-electron chi connectivity index (χ0n) is 10.2. The standard InChI is InChI=1S/C15H14O4/c16-7-6-12-8-14(18)15(9-13(12)17)19-10-11-4-2-1-3-5-11/h1-5,7-9,17-18H,6,10H2. The lowest BCUT2D eigenvalue weighted by Gasteiger charge is -2.10. The van der Waals surface area contributed by atoms with Crippen LogP contribution in [0.15, 0.2) is 42.5 Å². The second-order valence-corrected chi connectivity index (χ2v) is 4.09. The minimum atomic E-state index is -0.0921. The summed E-state index contributed by atoms with van der Waals surface area (Å²) in [6.45, 7) is 0.293. The smallest absolute Gasteiger partial charge is 0.165 e. The fraction of sp³-hybridized carbons (Fsp3) is 0.133. The Labute approximate surface area is 110 Å². The molecule has 0 spiro atoms. The fourth-order valence-corrected chi connectivity index (χ4v) is 1.71. The average Bonchev–Trinajstić information content (AvgIpc) is 2.42. The summed E-state index contributed by atoms with van der Waals surface area (Å²) < 4.78 is 5.44. The van der Waals surface area contributed by atoms with Gasteiger partial charge in [-0.25, -0.2) is 0 Å². The second kappa shape index (κ2) is 5.91. The molecular weight excluding hydrogens is 244 g/mol. The molecule has 0 fully saturated rings. The predicted octanol–water partition coefficient (Wildman–Crippen LogP) is 2.42. The zero-order valence-corrected chi connectivity index (χ0v) is 10.2. The molecule has 0 aliphatic heterocycles. The second-order valence-electron chi connectivity index (χ2n) is 4.09. The van der Waals surface area contributed by atoms with E-state index in [1.165, 1.54) is 12.1 Å². The number of carbonyl (C=O) groups excluding carboxylic acids is 1. The molecule has 0 heterocycles. The van der Waals surface area contributed by atoms with E-state index in [9.17, 15) is 15.0 Å². The van der Waals surface area contributed by atoms with Crippen molar-refractivity contribution in [1.29, 1.82) is 0 Å². The molecule has 0 unspecified atom stereocenters. The van der Waals surface area contributed by atoms with Crippen LogP contribution in [0.25, 0.3) is 0 Å². The van der Waals surface area contributed by atoms with Gasteiger partial charge in [0.15, 0.2) is 11.5 Å². The molecule has 0 aromatic heterocycles. The van der Waals surface area contributed by atoms with Gasteiger partial charge < -0.3 is 19.7 Å². The number of rotatable bonds is 5. The monoisotopic (exact) mass is 258 g/mol. The summed E-state index contributed by atoms with van der Waals surface area (Å²) in [5.41, 5.74) is 1.33. The molecule has 0 radical (unpaired) electrons. The van der Waals surface area contributed by atoms with Gasteiger partial charge in [-0.2, -0.15) is 0 Å². The molecule has 0 atom stereocenters. The Morgan fingerprint density at radius 2 is 1.79 bits per heavy atom. The molecule has 19 heavy (non-hydrogen) atoms. The number of hydrogen-bond acceptors (Lipinski definition) is 4. The highest BCUT2D eigenvalue weighted by Crippen LogP contribution is 2.33. The molecule has 0 aliphatic carbocycles. The molecule has 4 nitrogen and oxygen atoms in total. The van der Waals surface area contributed by atoms with Crippen LogP contribution < -0.4 is 4.74 Å². The van der Waals surface area contributed by atoms with E-state index in [2.05, 4.69) is 0 Å². The van der Waals surface area contributed by atoms with Gasteiger partial charge in [0.05, 0.1) is 0 Å². The third-order valence-electron chi connectivity index (χ3n) is 2.70. The first-order valence-corrected chi connectivity index (χ1v) is 5.86. The molecular formula is C15H14O4. The highest BCUT2D eigenvalue weighted by molar-refractivity contribution is 5.60. The van der Waals surface area contributed by atoms with E-state index in [-0.39, 0.29) is 23.7 Å². The van der Waals surface area contributed by atoms with Crippen LogP contribution in [0.5, 0.6) is 17.2 Å². The van der Waals surface area contributed by atoms with E-state index >= 15 is 0 Å². The van der Waals surface area contributed by atoms with Crippen LogP contribution in [-0.2, 0) is 17.8 Å². The van der Waals surface area contributed by atoms with E-state index in [0.717, 1.165) is 5.56 Å². The maximum absolute atomic E-state index is 10.4. The first-order chi connectivity index (χ1) is 9.20. The Kier molecular flexibility index (Phi) is 4.03. The molecule has 2 aromatic rings. The Bertz CT molecular complexity index is 564. The van der Waals surface area contributed by atoms with Crippen LogP contribution in [0.4, 0.5) is 0 Å². The van der Waals surface area contributed by atoms with E-state index in [0.29, 0.717) is 18.5 Å². The van der Waals surface area contributed by atoms with Crippen LogP contribution in [0.3, 0.4) is 0 Å².